The summed E-state index contributed by atoms with van der Waals surface area (Å²) in [5.41, 5.74) is 0. The highest BCUT2D eigenvalue weighted by Gasteiger charge is 2.20. The van der Waals surface area contributed by atoms with Gasteiger partial charge in [-0.15, -0.1) is 0 Å². The van der Waals surface area contributed by atoms with Crippen LogP contribution in [0.15, 0.2) is 12.2 Å². The van der Waals surface area contributed by atoms with Crippen molar-refractivity contribution < 1.29 is 24.5 Å². The maximum Gasteiger partial charge on any atom is 0.305 e. The van der Waals surface area contributed by atoms with Crippen molar-refractivity contribution in [1.29, 1.82) is 0 Å². The maximum atomic E-state index is 12.4. The van der Waals surface area contributed by atoms with E-state index in [1.807, 2.05) is 0 Å². The third-order valence-electron chi connectivity index (χ3n) is 12.6. The van der Waals surface area contributed by atoms with E-state index >= 15 is 0 Å². The Kier molecular flexibility index (Phi) is 49.1. The van der Waals surface area contributed by atoms with Crippen LogP contribution in [-0.4, -0.2) is 47.4 Å². The van der Waals surface area contributed by atoms with Crippen LogP contribution >= 0.6 is 0 Å². The van der Waals surface area contributed by atoms with Crippen LogP contribution in [0, 0.1) is 0 Å². The summed E-state index contributed by atoms with van der Waals surface area (Å²) in [6.07, 6.45) is 57.7. The van der Waals surface area contributed by atoms with Gasteiger partial charge in [-0.3, -0.25) is 9.59 Å². The number of hydrogen-bond acceptors (Lipinski definition) is 5. The van der Waals surface area contributed by atoms with Crippen LogP contribution < -0.4 is 5.32 Å². The highest BCUT2D eigenvalue weighted by Crippen LogP contribution is 2.16. The molecule has 0 saturated heterocycles. The first-order valence-corrected chi connectivity index (χ1v) is 26.9. The molecule has 0 aromatic carbocycles. The number of esters is 1. The van der Waals surface area contributed by atoms with Gasteiger partial charge in [0.15, 0.2) is 0 Å². The second-order valence-electron chi connectivity index (χ2n) is 18.6. The fourth-order valence-corrected chi connectivity index (χ4v) is 8.40. The maximum absolute atomic E-state index is 12.4. The molecule has 0 spiro atoms. The van der Waals surface area contributed by atoms with Crippen LogP contribution in [0.2, 0.25) is 0 Å². The zero-order valence-electron chi connectivity index (χ0n) is 40.5. The number of allylic oxidation sites excluding steroid dienone is 2. The first-order chi connectivity index (χ1) is 29.5. The molecule has 6 nitrogen and oxygen atoms in total. The smallest absolute Gasteiger partial charge is 0.305 e. The minimum Gasteiger partial charge on any atom is -0.466 e. The summed E-state index contributed by atoms with van der Waals surface area (Å²) in [4.78, 5) is 24.4. The van der Waals surface area contributed by atoms with Crippen molar-refractivity contribution in [1.82, 2.24) is 5.32 Å². The molecular formula is C54H105NO5. The highest BCUT2D eigenvalue weighted by molar-refractivity contribution is 5.76. The normalized spacial score (nSPS) is 12.7. The minimum absolute atomic E-state index is 0.00777. The fourth-order valence-electron chi connectivity index (χ4n) is 8.40. The highest BCUT2D eigenvalue weighted by atomic mass is 16.5. The number of rotatable bonds is 50. The van der Waals surface area contributed by atoms with E-state index in [1.165, 1.54) is 225 Å². The molecule has 2 atom stereocenters. The number of amides is 1. The zero-order valence-corrected chi connectivity index (χ0v) is 40.5. The molecule has 0 aromatic heterocycles. The lowest BCUT2D eigenvalue weighted by Crippen LogP contribution is -2.45. The molecule has 1 amide bonds. The van der Waals surface area contributed by atoms with Crippen LogP contribution in [0.3, 0.4) is 0 Å². The van der Waals surface area contributed by atoms with E-state index in [0.717, 1.165) is 38.5 Å². The van der Waals surface area contributed by atoms with Crippen LogP contribution in [-0.2, 0) is 14.3 Å². The number of nitrogens with one attached hydrogen (secondary N) is 1. The second-order valence-corrected chi connectivity index (χ2v) is 18.6. The molecule has 60 heavy (non-hydrogen) atoms. The fraction of sp³-hybridized carbons (Fsp3) is 0.926. The Morgan fingerprint density at radius 1 is 0.450 bits per heavy atom. The molecule has 0 bridgehead atoms. The molecule has 0 radical (unpaired) electrons. The molecule has 0 aromatic rings. The average molecular weight is 848 g/mol. The van der Waals surface area contributed by atoms with Gasteiger partial charge in [0.2, 0.25) is 5.91 Å². The van der Waals surface area contributed by atoms with Gasteiger partial charge in [0.25, 0.3) is 0 Å². The first-order valence-electron chi connectivity index (χ1n) is 26.9. The molecule has 0 aliphatic heterocycles. The zero-order chi connectivity index (χ0) is 43.7. The van der Waals surface area contributed by atoms with Gasteiger partial charge >= 0.3 is 5.97 Å². The van der Waals surface area contributed by atoms with Gasteiger partial charge in [-0.05, 0) is 51.4 Å². The van der Waals surface area contributed by atoms with Crippen molar-refractivity contribution in [3.05, 3.63) is 12.2 Å². The number of aliphatic hydroxyl groups is 2. The van der Waals surface area contributed by atoms with E-state index in [4.69, 9.17) is 4.74 Å². The van der Waals surface area contributed by atoms with E-state index in [2.05, 4.69) is 31.3 Å². The lowest BCUT2D eigenvalue weighted by molar-refractivity contribution is -0.143. The monoisotopic (exact) mass is 848 g/mol. The second kappa shape index (κ2) is 50.2. The van der Waals surface area contributed by atoms with Crippen molar-refractivity contribution in [2.24, 2.45) is 0 Å². The van der Waals surface area contributed by atoms with Crippen molar-refractivity contribution >= 4 is 11.9 Å². The van der Waals surface area contributed by atoms with Gasteiger partial charge < -0.3 is 20.3 Å². The van der Waals surface area contributed by atoms with Gasteiger partial charge in [0.1, 0.15) is 0 Å². The molecule has 0 aliphatic rings. The molecule has 0 aliphatic carbocycles. The Labute approximate surface area is 374 Å². The van der Waals surface area contributed by atoms with Crippen molar-refractivity contribution in [2.75, 3.05) is 13.2 Å². The van der Waals surface area contributed by atoms with Gasteiger partial charge in [-0.25, -0.2) is 0 Å². The number of carbonyl (C=O) groups excluding carboxylic acids is 2. The van der Waals surface area contributed by atoms with E-state index in [1.54, 1.807) is 0 Å². The Morgan fingerprint density at radius 2 is 0.783 bits per heavy atom. The third kappa shape index (κ3) is 46.1. The lowest BCUT2D eigenvalue weighted by atomic mass is 10.0. The van der Waals surface area contributed by atoms with E-state index < -0.39 is 12.1 Å². The number of hydrogen-bond donors (Lipinski definition) is 3. The predicted octanol–water partition coefficient (Wildman–Crippen LogP) is 16.1. The predicted molar refractivity (Wildman–Crippen MR) is 260 cm³/mol. The van der Waals surface area contributed by atoms with Gasteiger partial charge in [0.05, 0.1) is 25.4 Å². The summed E-state index contributed by atoms with van der Waals surface area (Å²) in [5.74, 6) is -0.0369. The van der Waals surface area contributed by atoms with Crippen molar-refractivity contribution in [3.63, 3.8) is 0 Å². The SMILES string of the molecule is CCCCCCCCCCCCCCCC(=O)OCCCCCCCCCCC/C=C\CCCCCCCCCC(=O)NC(CO)C(O)CCCCCCCCCCCC. The molecule has 0 fully saturated rings. The molecule has 6 heteroatoms. The Morgan fingerprint density at radius 3 is 1.18 bits per heavy atom. The Hall–Kier alpha value is -1.40. The van der Waals surface area contributed by atoms with Crippen LogP contribution in [0.5, 0.6) is 0 Å². The first kappa shape index (κ1) is 58.6. The van der Waals surface area contributed by atoms with Crippen molar-refractivity contribution in [2.45, 2.75) is 309 Å². The van der Waals surface area contributed by atoms with Gasteiger partial charge in [-0.2, -0.15) is 0 Å². The van der Waals surface area contributed by atoms with E-state index in [9.17, 15) is 19.8 Å². The Balaban J connectivity index is 3.40. The van der Waals surface area contributed by atoms with E-state index in [-0.39, 0.29) is 18.5 Å². The minimum atomic E-state index is -0.667. The third-order valence-corrected chi connectivity index (χ3v) is 12.6. The number of aliphatic hydroxyl groups excluding tert-OH is 2. The summed E-state index contributed by atoms with van der Waals surface area (Å²) >= 11 is 0. The summed E-state index contributed by atoms with van der Waals surface area (Å²) in [5, 5.41) is 23.1. The molecule has 0 heterocycles. The number of carbonyl (C=O) groups is 2. The molecular weight excluding hydrogens is 743 g/mol. The topological polar surface area (TPSA) is 95.9 Å². The van der Waals surface area contributed by atoms with Crippen LogP contribution in [0.4, 0.5) is 0 Å². The summed E-state index contributed by atoms with van der Waals surface area (Å²) in [7, 11) is 0. The number of ether oxygens (including phenoxy) is 1. The summed E-state index contributed by atoms with van der Waals surface area (Å²) in [6.45, 7) is 4.93. The van der Waals surface area contributed by atoms with Crippen LogP contribution in [0.1, 0.15) is 296 Å². The molecule has 2 unspecified atom stereocenters. The Bertz CT molecular complexity index is 893. The van der Waals surface area contributed by atoms with E-state index in [0.29, 0.717) is 25.9 Å². The summed E-state index contributed by atoms with van der Waals surface area (Å²) < 4.78 is 5.47. The summed E-state index contributed by atoms with van der Waals surface area (Å²) in [6, 6.07) is -0.545. The van der Waals surface area contributed by atoms with Crippen LogP contribution in [0.25, 0.3) is 0 Å². The standard InChI is InChI=1S/C54H105NO5/c1-3-5-7-9-11-13-15-24-28-32-36-40-44-48-54(59)60-49-45-41-37-33-29-26-23-21-19-17-16-18-20-22-25-27-31-35-39-43-47-53(58)55-51(50-56)52(57)46-42-38-34-30-14-12-10-8-6-4-2/h16,18,51-52,56-57H,3-15,17,19-50H2,1-2H3,(H,55,58)/b18-16-. The molecule has 0 saturated carbocycles. The van der Waals surface area contributed by atoms with Crippen molar-refractivity contribution in [3.8, 4) is 0 Å². The quantitative estimate of drug-likeness (QED) is 0.0322. The molecule has 0 rings (SSSR count). The van der Waals surface area contributed by atoms with Gasteiger partial charge in [-0.1, -0.05) is 244 Å². The van der Waals surface area contributed by atoms with Gasteiger partial charge in [0, 0.05) is 12.8 Å². The average Bonchev–Trinajstić information content (AvgIpc) is 3.25. The number of unbranched alkanes of at least 4 members (excludes halogenated alkanes) is 37. The lowest BCUT2D eigenvalue weighted by Gasteiger charge is -2.22. The molecule has 3 N–H and O–H groups in total. The molecule has 356 valence electrons. The largest absolute Gasteiger partial charge is 0.466 e.